The maximum Gasteiger partial charge on any atom is 0.335 e. The van der Waals surface area contributed by atoms with E-state index in [1.165, 1.54) is 30.5 Å². The highest BCUT2D eigenvalue weighted by Gasteiger charge is 2.27. The molecule has 1 saturated heterocycles. The van der Waals surface area contributed by atoms with E-state index in [-0.39, 0.29) is 23.4 Å². The van der Waals surface area contributed by atoms with Crippen LogP contribution in [0.15, 0.2) is 79.0 Å². The molecule has 5 rings (SSSR count). The van der Waals surface area contributed by atoms with E-state index in [0.29, 0.717) is 59.8 Å². The van der Waals surface area contributed by atoms with E-state index >= 15 is 0 Å². The number of carbonyl (C=O) groups is 3. The van der Waals surface area contributed by atoms with Crippen molar-refractivity contribution in [1.82, 2.24) is 14.7 Å². The Morgan fingerprint density at radius 3 is 2.26 bits per heavy atom. The Hall–Kier alpha value is -4.99. The second-order valence-corrected chi connectivity index (χ2v) is 11.5. The van der Waals surface area contributed by atoms with Crippen LogP contribution >= 0.6 is 0 Å². The maximum atomic E-state index is 13.6. The molecule has 0 atom stereocenters. The number of carboxylic acids is 1. The van der Waals surface area contributed by atoms with Crippen molar-refractivity contribution in [3.8, 4) is 17.0 Å². The molecule has 2 amide bonds. The van der Waals surface area contributed by atoms with Gasteiger partial charge in [-0.05, 0) is 87.5 Å². The minimum absolute atomic E-state index is 0.0883. The summed E-state index contributed by atoms with van der Waals surface area (Å²) in [6.45, 7) is 6.91. The fraction of sp³-hybridized carbons (Fsp3) is 0.273. The molecule has 1 fully saturated rings. The van der Waals surface area contributed by atoms with Gasteiger partial charge in [-0.3, -0.25) is 14.3 Å². The van der Waals surface area contributed by atoms with E-state index in [0.717, 1.165) is 0 Å². The van der Waals surface area contributed by atoms with E-state index in [1.807, 2.05) is 20.8 Å². The molecular formula is C33H33FN4O5. The number of anilines is 1. The van der Waals surface area contributed by atoms with Crippen molar-refractivity contribution in [2.75, 3.05) is 18.4 Å². The molecule has 0 aliphatic carbocycles. The summed E-state index contributed by atoms with van der Waals surface area (Å²) in [6.07, 6.45) is 2.68. The predicted molar refractivity (Wildman–Crippen MR) is 160 cm³/mol. The Morgan fingerprint density at radius 2 is 1.63 bits per heavy atom. The number of aromatic carboxylic acids is 1. The summed E-state index contributed by atoms with van der Waals surface area (Å²) in [5.41, 5.74) is 2.24. The van der Waals surface area contributed by atoms with Crippen molar-refractivity contribution < 1.29 is 28.6 Å². The molecule has 0 bridgehead atoms. The number of aromatic nitrogens is 2. The van der Waals surface area contributed by atoms with Crippen molar-refractivity contribution in [2.45, 2.75) is 45.3 Å². The number of carbonyl (C=O) groups excluding carboxylic acids is 2. The zero-order valence-electron chi connectivity index (χ0n) is 24.2. The van der Waals surface area contributed by atoms with Crippen molar-refractivity contribution in [3.63, 3.8) is 0 Å². The number of halogens is 1. The second kappa shape index (κ2) is 12.1. The van der Waals surface area contributed by atoms with Crippen LogP contribution in [0.5, 0.6) is 5.75 Å². The summed E-state index contributed by atoms with van der Waals surface area (Å²) in [5, 5.41) is 16.4. The Balaban J connectivity index is 1.25. The molecule has 4 aromatic rings. The summed E-state index contributed by atoms with van der Waals surface area (Å²) >= 11 is 0. The number of hydrogen-bond acceptors (Lipinski definition) is 5. The van der Waals surface area contributed by atoms with Gasteiger partial charge in [0.1, 0.15) is 17.7 Å². The Morgan fingerprint density at radius 1 is 0.953 bits per heavy atom. The second-order valence-electron chi connectivity index (χ2n) is 11.5. The molecule has 2 N–H and O–H groups in total. The van der Waals surface area contributed by atoms with Crippen LogP contribution in [-0.2, 0) is 5.54 Å². The number of likely N-dealkylation sites (tertiary alicyclic amines) is 1. The van der Waals surface area contributed by atoms with Gasteiger partial charge in [0, 0.05) is 42.7 Å². The Labute approximate surface area is 248 Å². The van der Waals surface area contributed by atoms with Crippen LogP contribution in [0.1, 0.15) is 64.7 Å². The fourth-order valence-corrected chi connectivity index (χ4v) is 5.07. The van der Waals surface area contributed by atoms with Crippen molar-refractivity contribution in [2.24, 2.45) is 0 Å². The fourth-order valence-electron chi connectivity index (χ4n) is 5.07. The number of nitrogens with zero attached hydrogens (tertiary/aromatic N) is 3. The quantitative estimate of drug-likeness (QED) is 0.272. The van der Waals surface area contributed by atoms with Crippen molar-refractivity contribution >= 4 is 23.5 Å². The highest BCUT2D eigenvalue weighted by molar-refractivity contribution is 6.08. The molecule has 43 heavy (non-hydrogen) atoms. The first kappa shape index (κ1) is 29.5. The van der Waals surface area contributed by atoms with Crippen LogP contribution in [0, 0.1) is 5.82 Å². The number of carboxylic acid groups (broad SMARTS) is 1. The normalized spacial score (nSPS) is 13.9. The smallest absolute Gasteiger partial charge is 0.335 e. The summed E-state index contributed by atoms with van der Waals surface area (Å²) in [4.78, 5) is 39.6. The lowest BCUT2D eigenvalue weighted by Gasteiger charge is -2.32. The van der Waals surface area contributed by atoms with Gasteiger partial charge in [0.25, 0.3) is 11.8 Å². The number of nitrogens with one attached hydrogen (secondary N) is 1. The van der Waals surface area contributed by atoms with Crippen molar-refractivity contribution in [3.05, 3.63) is 102 Å². The lowest BCUT2D eigenvalue weighted by Crippen LogP contribution is -2.41. The highest BCUT2D eigenvalue weighted by atomic mass is 19.1. The van der Waals surface area contributed by atoms with Crippen LogP contribution in [-0.4, -0.2) is 56.8 Å². The number of ether oxygens (including phenoxy) is 1. The van der Waals surface area contributed by atoms with Crippen LogP contribution in [0.2, 0.25) is 0 Å². The first-order valence-corrected chi connectivity index (χ1v) is 14.0. The molecule has 222 valence electrons. The van der Waals surface area contributed by atoms with E-state index in [2.05, 4.69) is 10.4 Å². The summed E-state index contributed by atoms with van der Waals surface area (Å²) < 4.78 is 21.4. The number of rotatable bonds is 7. The summed E-state index contributed by atoms with van der Waals surface area (Å²) in [7, 11) is 0. The van der Waals surface area contributed by atoms with Gasteiger partial charge in [0.2, 0.25) is 0 Å². The molecule has 0 spiro atoms. The number of hydrogen-bond donors (Lipinski definition) is 2. The molecule has 10 heteroatoms. The van der Waals surface area contributed by atoms with Crippen LogP contribution in [0.4, 0.5) is 10.1 Å². The molecular weight excluding hydrogens is 551 g/mol. The predicted octanol–water partition coefficient (Wildman–Crippen LogP) is 6.08. The highest BCUT2D eigenvalue weighted by Crippen LogP contribution is 2.30. The molecule has 1 aliphatic heterocycles. The number of amides is 2. The van der Waals surface area contributed by atoms with Gasteiger partial charge in [-0.2, -0.15) is 5.10 Å². The third-order valence-electron chi connectivity index (χ3n) is 7.27. The average molecular weight is 585 g/mol. The molecule has 9 nitrogen and oxygen atoms in total. The zero-order chi connectivity index (χ0) is 30.7. The molecule has 2 heterocycles. The minimum atomic E-state index is -0.992. The molecule has 0 saturated carbocycles. The number of benzene rings is 3. The van der Waals surface area contributed by atoms with Gasteiger partial charge in [-0.25, -0.2) is 9.18 Å². The largest absolute Gasteiger partial charge is 0.490 e. The van der Waals surface area contributed by atoms with E-state index in [1.54, 1.807) is 58.1 Å². The van der Waals surface area contributed by atoms with Gasteiger partial charge in [-0.15, -0.1) is 0 Å². The zero-order valence-corrected chi connectivity index (χ0v) is 24.2. The summed E-state index contributed by atoms with van der Waals surface area (Å²) in [5.74, 6) is -1.31. The van der Waals surface area contributed by atoms with Crippen LogP contribution in [0.3, 0.4) is 0 Å². The lowest BCUT2D eigenvalue weighted by molar-refractivity contribution is 0.0595. The average Bonchev–Trinajstić information content (AvgIpc) is 3.44. The Bertz CT molecular complexity index is 1630. The van der Waals surface area contributed by atoms with Crippen molar-refractivity contribution in [1.29, 1.82) is 0 Å². The summed E-state index contributed by atoms with van der Waals surface area (Å²) in [6, 6.07) is 19.0. The first-order valence-electron chi connectivity index (χ1n) is 14.0. The topological polar surface area (TPSA) is 114 Å². The molecule has 1 aliphatic rings. The van der Waals surface area contributed by atoms with E-state index in [9.17, 15) is 18.8 Å². The van der Waals surface area contributed by atoms with Gasteiger partial charge in [0.15, 0.2) is 0 Å². The standard InChI is InChI=1S/C33H33FN4O5/c1-33(2,3)38-29(21-7-11-24(34)12-8-21)28(20-35-38)30(39)36-25-6-4-5-23(19-25)31(40)37-17-15-27(16-18-37)43-26-13-9-22(10-14-26)32(41)42/h4-14,19-20,27H,15-18H2,1-3H3,(H,36,39)(H,41,42). The van der Waals surface area contributed by atoms with E-state index < -0.39 is 17.4 Å². The molecule has 3 aromatic carbocycles. The van der Waals surface area contributed by atoms with Gasteiger partial charge < -0.3 is 20.1 Å². The molecule has 1 aromatic heterocycles. The SMILES string of the molecule is CC(C)(C)n1ncc(C(=O)Nc2cccc(C(=O)N3CCC(Oc4ccc(C(=O)O)cc4)CC3)c2)c1-c1ccc(F)cc1. The Kier molecular flexibility index (Phi) is 8.29. The number of piperidine rings is 1. The molecule has 0 radical (unpaired) electrons. The van der Waals surface area contributed by atoms with Crippen LogP contribution in [0.25, 0.3) is 11.3 Å². The van der Waals surface area contributed by atoms with Gasteiger partial charge in [0.05, 0.1) is 28.6 Å². The monoisotopic (exact) mass is 584 g/mol. The first-order chi connectivity index (χ1) is 20.5. The third-order valence-corrected chi connectivity index (χ3v) is 7.27. The third kappa shape index (κ3) is 6.74. The van der Waals surface area contributed by atoms with Gasteiger partial charge in [-0.1, -0.05) is 6.07 Å². The maximum absolute atomic E-state index is 13.6. The van der Waals surface area contributed by atoms with Gasteiger partial charge >= 0.3 is 5.97 Å². The lowest BCUT2D eigenvalue weighted by atomic mass is 10.0. The van der Waals surface area contributed by atoms with Crippen LogP contribution < -0.4 is 10.1 Å². The minimum Gasteiger partial charge on any atom is -0.490 e. The molecule has 0 unspecified atom stereocenters. The van der Waals surface area contributed by atoms with E-state index in [4.69, 9.17) is 9.84 Å².